The van der Waals surface area contributed by atoms with Gasteiger partial charge in [-0.2, -0.15) is 0 Å². The summed E-state index contributed by atoms with van der Waals surface area (Å²) in [6, 6.07) is 9.58. The van der Waals surface area contributed by atoms with Gasteiger partial charge in [-0.05, 0) is 48.5 Å². The summed E-state index contributed by atoms with van der Waals surface area (Å²) in [7, 11) is 0. The Morgan fingerprint density at radius 1 is 1.29 bits per heavy atom. The Morgan fingerprint density at radius 3 is 2.61 bits per heavy atom. The van der Waals surface area contributed by atoms with Crippen molar-refractivity contribution in [3.8, 4) is 0 Å². The SMILES string of the molecule is CC1=C2[C@@H](OC(=O)/C=C/c3ccccc3)[C@H](C(C)C)CC[C@]2(C)[C@@H](O)CC1=O. The molecular weight excluding hydrogens is 352 g/mol. The third kappa shape index (κ3) is 3.83. The summed E-state index contributed by atoms with van der Waals surface area (Å²) in [6.07, 6.45) is 3.76. The molecule has 0 unspecified atom stereocenters. The Bertz CT molecular complexity index is 805. The third-order valence-electron chi connectivity index (χ3n) is 6.53. The smallest absolute Gasteiger partial charge is 0.331 e. The highest BCUT2D eigenvalue weighted by molar-refractivity contribution is 5.97. The van der Waals surface area contributed by atoms with E-state index in [0.29, 0.717) is 11.5 Å². The number of rotatable bonds is 4. The van der Waals surface area contributed by atoms with E-state index in [1.54, 1.807) is 6.08 Å². The first-order valence-electron chi connectivity index (χ1n) is 10.1. The molecule has 4 heteroatoms. The molecule has 0 spiro atoms. The maximum atomic E-state index is 12.6. The summed E-state index contributed by atoms with van der Waals surface area (Å²) >= 11 is 0. The lowest BCUT2D eigenvalue weighted by Crippen LogP contribution is -2.51. The van der Waals surface area contributed by atoms with Gasteiger partial charge in [0.25, 0.3) is 0 Å². The lowest BCUT2D eigenvalue weighted by atomic mass is 9.57. The van der Waals surface area contributed by atoms with Gasteiger partial charge < -0.3 is 9.84 Å². The molecule has 0 saturated heterocycles. The number of ketones is 1. The molecule has 1 fully saturated rings. The Morgan fingerprint density at radius 2 is 1.96 bits per heavy atom. The van der Waals surface area contributed by atoms with Crippen molar-refractivity contribution in [2.24, 2.45) is 17.3 Å². The molecule has 1 saturated carbocycles. The van der Waals surface area contributed by atoms with Crippen molar-refractivity contribution in [3.05, 3.63) is 53.1 Å². The molecule has 0 amide bonds. The highest BCUT2D eigenvalue weighted by Gasteiger charge is 2.52. The predicted molar refractivity (Wildman–Crippen MR) is 109 cm³/mol. The molecule has 1 N–H and O–H groups in total. The van der Waals surface area contributed by atoms with Crippen molar-refractivity contribution in [2.45, 2.75) is 59.2 Å². The quantitative estimate of drug-likeness (QED) is 0.622. The van der Waals surface area contributed by atoms with Gasteiger partial charge in [0.05, 0.1) is 6.10 Å². The Hall–Kier alpha value is -2.20. The van der Waals surface area contributed by atoms with Gasteiger partial charge in [-0.1, -0.05) is 51.1 Å². The zero-order valence-corrected chi connectivity index (χ0v) is 17.1. The molecule has 3 rings (SSSR count). The highest BCUT2D eigenvalue weighted by atomic mass is 16.5. The van der Waals surface area contributed by atoms with E-state index in [9.17, 15) is 14.7 Å². The molecule has 1 aromatic rings. The lowest BCUT2D eigenvalue weighted by Gasteiger charge is -2.50. The molecular formula is C24H30O4. The van der Waals surface area contributed by atoms with Gasteiger partial charge in [-0.3, -0.25) is 4.79 Å². The largest absolute Gasteiger partial charge is 0.454 e. The molecule has 0 aromatic heterocycles. The number of Topliss-reactive ketones (excluding diaryl/α,β-unsaturated/α-hetero) is 1. The number of benzene rings is 1. The monoisotopic (exact) mass is 382 g/mol. The number of hydrogen-bond donors (Lipinski definition) is 1. The summed E-state index contributed by atoms with van der Waals surface area (Å²) < 4.78 is 5.94. The number of hydrogen-bond acceptors (Lipinski definition) is 4. The molecule has 4 nitrogen and oxygen atoms in total. The zero-order valence-electron chi connectivity index (χ0n) is 17.1. The number of fused-ring (bicyclic) bond motifs is 1. The molecule has 0 bridgehead atoms. The Kier molecular flexibility index (Phi) is 5.90. The molecule has 0 aliphatic heterocycles. The lowest BCUT2D eigenvalue weighted by molar-refractivity contribution is -0.149. The molecule has 150 valence electrons. The second-order valence-corrected chi connectivity index (χ2v) is 8.65. The van der Waals surface area contributed by atoms with Crippen LogP contribution < -0.4 is 0 Å². The van der Waals surface area contributed by atoms with Crippen molar-refractivity contribution in [1.29, 1.82) is 0 Å². The first-order valence-corrected chi connectivity index (χ1v) is 10.1. The third-order valence-corrected chi connectivity index (χ3v) is 6.53. The van der Waals surface area contributed by atoms with Gasteiger partial charge in [-0.25, -0.2) is 4.79 Å². The molecule has 0 heterocycles. The van der Waals surface area contributed by atoms with E-state index in [-0.39, 0.29) is 18.1 Å². The Balaban J connectivity index is 1.92. The van der Waals surface area contributed by atoms with Crippen molar-refractivity contribution in [3.63, 3.8) is 0 Å². The summed E-state index contributed by atoms with van der Waals surface area (Å²) in [5.41, 5.74) is 1.88. The summed E-state index contributed by atoms with van der Waals surface area (Å²) in [6.45, 7) is 8.04. The van der Waals surface area contributed by atoms with Gasteiger partial charge in [0.1, 0.15) is 6.10 Å². The van der Waals surface area contributed by atoms with Crippen LogP contribution in [0.4, 0.5) is 0 Å². The fourth-order valence-corrected chi connectivity index (χ4v) is 4.71. The van der Waals surface area contributed by atoms with Crippen LogP contribution in [0.25, 0.3) is 6.08 Å². The molecule has 0 radical (unpaired) electrons. The van der Waals surface area contributed by atoms with Gasteiger partial charge >= 0.3 is 5.97 Å². The molecule has 28 heavy (non-hydrogen) atoms. The Labute approximate surface area is 167 Å². The van der Waals surface area contributed by atoms with Crippen LogP contribution in [-0.4, -0.2) is 29.1 Å². The molecule has 2 aliphatic carbocycles. The number of aliphatic hydroxyl groups excluding tert-OH is 1. The van der Waals surface area contributed by atoms with E-state index in [4.69, 9.17) is 4.74 Å². The minimum atomic E-state index is -0.729. The minimum absolute atomic E-state index is 0.0507. The van der Waals surface area contributed by atoms with E-state index in [1.807, 2.05) is 44.2 Å². The summed E-state index contributed by atoms with van der Waals surface area (Å²) in [4.78, 5) is 25.1. The molecule has 1 aromatic carbocycles. The van der Waals surface area contributed by atoms with Crippen LogP contribution in [0.3, 0.4) is 0 Å². The van der Waals surface area contributed by atoms with Crippen molar-refractivity contribution in [2.75, 3.05) is 0 Å². The maximum absolute atomic E-state index is 12.6. The number of carbonyl (C=O) groups excluding carboxylic acids is 2. The summed E-state index contributed by atoms with van der Waals surface area (Å²) in [5.74, 6) is -0.0399. The van der Waals surface area contributed by atoms with Crippen LogP contribution in [0.2, 0.25) is 0 Å². The number of aliphatic hydroxyl groups is 1. The maximum Gasteiger partial charge on any atom is 0.331 e. The van der Waals surface area contributed by atoms with Gasteiger partial charge in [0, 0.05) is 23.8 Å². The van der Waals surface area contributed by atoms with E-state index in [0.717, 1.165) is 24.0 Å². The van der Waals surface area contributed by atoms with Crippen molar-refractivity contribution >= 4 is 17.8 Å². The van der Waals surface area contributed by atoms with Crippen LogP contribution in [-0.2, 0) is 14.3 Å². The zero-order chi connectivity index (χ0) is 20.5. The van der Waals surface area contributed by atoms with E-state index >= 15 is 0 Å². The van der Waals surface area contributed by atoms with E-state index in [1.165, 1.54) is 6.08 Å². The van der Waals surface area contributed by atoms with E-state index < -0.39 is 23.6 Å². The summed E-state index contributed by atoms with van der Waals surface area (Å²) in [5, 5.41) is 10.7. The first kappa shape index (κ1) is 20.5. The number of carbonyl (C=O) groups is 2. The number of allylic oxidation sites excluding steroid dienone is 1. The molecule has 4 atom stereocenters. The average molecular weight is 383 g/mol. The predicted octanol–water partition coefficient (Wildman–Crippen LogP) is 4.33. The van der Waals surface area contributed by atoms with Gasteiger partial charge in [0.2, 0.25) is 0 Å². The van der Waals surface area contributed by atoms with Crippen molar-refractivity contribution < 1.29 is 19.4 Å². The second kappa shape index (κ2) is 8.04. The number of ether oxygens (including phenoxy) is 1. The highest BCUT2D eigenvalue weighted by Crippen LogP contribution is 2.52. The normalized spacial score (nSPS) is 30.6. The van der Waals surface area contributed by atoms with Crippen LogP contribution in [0.5, 0.6) is 0 Å². The van der Waals surface area contributed by atoms with Crippen LogP contribution in [0.15, 0.2) is 47.6 Å². The van der Waals surface area contributed by atoms with Crippen LogP contribution >= 0.6 is 0 Å². The second-order valence-electron chi connectivity index (χ2n) is 8.65. The fourth-order valence-electron chi connectivity index (χ4n) is 4.71. The topological polar surface area (TPSA) is 63.6 Å². The number of esters is 1. The van der Waals surface area contributed by atoms with Gasteiger partial charge in [-0.15, -0.1) is 0 Å². The van der Waals surface area contributed by atoms with Gasteiger partial charge in [0.15, 0.2) is 5.78 Å². The van der Waals surface area contributed by atoms with E-state index in [2.05, 4.69) is 13.8 Å². The average Bonchev–Trinajstić information content (AvgIpc) is 2.65. The first-order chi connectivity index (χ1) is 13.2. The van der Waals surface area contributed by atoms with Crippen molar-refractivity contribution in [1.82, 2.24) is 0 Å². The fraction of sp³-hybridized carbons (Fsp3) is 0.500. The van der Waals surface area contributed by atoms with Crippen LogP contribution in [0, 0.1) is 17.3 Å². The standard InChI is InChI=1S/C24H30O4/c1-15(2)18-12-13-24(4)20(26)14-19(25)16(3)22(24)23(18)28-21(27)11-10-17-8-6-5-7-9-17/h5-11,15,18,20,23,26H,12-14H2,1-4H3/b11-10+/t18-,20-,23-,24+/m0/s1. The minimum Gasteiger partial charge on any atom is -0.454 e. The van der Waals surface area contributed by atoms with Crippen LogP contribution in [0.1, 0.15) is 52.5 Å². The molecule has 2 aliphatic rings.